The van der Waals surface area contributed by atoms with Crippen LogP contribution in [0.2, 0.25) is 0 Å². The van der Waals surface area contributed by atoms with Gasteiger partial charge in [0.15, 0.2) is 6.10 Å². The fraction of sp³-hybridized carbons (Fsp3) is 0.867. The van der Waals surface area contributed by atoms with Crippen LogP contribution in [0, 0.1) is 17.3 Å². The lowest BCUT2D eigenvalue weighted by atomic mass is 9.52. The van der Waals surface area contributed by atoms with Crippen molar-refractivity contribution in [2.24, 2.45) is 17.3 Å². The second-order valence-electron chi connectivity index (χ2n) is 8.06. The fourth-order valence-corrected chi connectivity index (χ4v) is 5.83. The van der Waals surface area contributed by atoms with E-state index in [2.05, 4.69) is 0 Å². The molecule has 0 aromatic heterocycles. The molecule has 5 fully saturated rings. The van der Waals surface area contributed by atoms with Gasteiger partial charge in [0.05, 0.1) is 22.5 Å². The molecule has 2 N–H and O–H groups in total. The molecule has 0 amide bonds. The van der Waals surface area contributed by atoms with Crippen LogP contribution in [0.4, 0.5) is 0 Å². The smallest absolute Gasteiger partial charge is 0.342 e. The molecule has 5 rings (SSSR count). The number of esters is 2. The summed E-state index contributed by atoms with van der Waals surface area (Å²) in [4.78, 5) is 24.8. The average molecular weight is 310 g/mol. The van der Waals surface area contributed by atoms with Gasteiger partial charge >= 0.3 is 11.9 Å². The standard InChI is InChI=1S/C15H18O7/c1-12(2,18)6-7-10(16)20-8(6)9-13(3)14(7,19)4-5-15(13,22-5)11(17)21-9/h5-9,18-19H,4H2,1-3H3/t5-,6-,7-,8-,9-,13-,14-,15-/m1/s1. The molecule has 7 heteroatoms. The van der Waals surface area contributed by atoms with Crippen LogP contribution in [0.3, 0.4) is 0 Å². The van der Waals surface area contributed by atoms with Crippen molar-refractivity contribution in [2.75, 3.05) is 0 Å². The Labute approximate surface area is 126 Å². The summed E-state index contributed by atoms with van der Waals surface area (Å²) in [5.74, 6) is -2.51. The highest BCUT2D eigenvalue weighted by Crippen LogP contribution is 2.77. The van der Waals surface area contributed by atoms with Gasteiger partial charge in [-0.3, -0.25) is 4.79 Å². The fourth-order valence-electron chi connectivity index (χ4n) is 5.83. The van der Waals surface area contributed by atoms with Crippen LogP contribution in [0.5, 0.6) is 0 Å². The van der Waals surface area contributed by atoms with Crippen molar-refractivity contribution in [3.8, 4) is 0 Å². The third-order valence-electron chi connectivity index (χ3n) is 6.85. The minimum atomic E-state index is -1.47. The van der Waals surface area contributed by atoms with E-state index in [9.17, 15) is 19.8 Å². The van der Waals surface area contributed by atoms with E-state index in [1.54, 1.807) is 20.8 Å². The monoisotopic (exact) mass is 310 g/mol. The molecule has 120 valence electrons. The zero-order valence-corrected chi connectivity index (χ0v) is 12.5. The first-order valence-corrected chi connectivity index (χ1v) is 7.63. The van der Waals surface area contributed by atoms with E-state index in [0.29, 0.717) is 0 Å². The predicted molar refractivity (Wildman–Crippen MR) is 68.3 cm³/mol. The number of rotatable bonds is 1. The minimum absolute atomic E-state index is 0.189. The number of ether oxygens (including phenoxy) is 3. The Morgan fingerprint density at radius 3 is 2.59 bits per heavy atom. The van der Waals surface area contributed by atoms with E-state index >= 15 is 0 Å². The van der Waals surface area contributed by atoms with Crippen molar-refractivity contribution in [3.05, 3.63) is 0 Å². The number of carbonyl (C=O) groups is 2. The Hall–Kier alpha value is -1.18. The first-order valence-electron chi connectivity index (χ1n) is 7.63. The maximum atomic E-state index is 12.4. The summed E-state index contributed by atoms with van der Waals surface area (Å²) in [6.45, 7) is 4.92. The third kappa shape index (κ3) is 0.962. The van der Waals surface area contributed by atoms with Gasteiger partial charge < -0.3 is 24.4 Å². The maximum Gasteiger partial charge on any atom is 0.342 e. The van der Waals surface area contributed by atoms with Crippen molar-refractivity contribution in [2.45, 2.75) is 62.3 Å². The summed E-state index contributed by atoms with van der Waals surface area (Å²) in [5, 5.41) is 21.9. The molecule has 0 unspecified atom stereocenters. The van der Waals surface area contributed by atoms with Gasteiger partial charge in [0.1, 0.15) is 12.2 Å². The summed E-state index contributed by atoms with van der Waals surface area (Å²) in [6, 6.07) is 0. The second-order valence-corrected chi connectivity index (χ2v) is 8.06. The minimum Gasteiger partial charge on any atom is -0.458 e. The van der Waals surface area contributed by atoms with Crippen molar-refractivity contribution < 1.29 is 34.0 Å². The molecule has 0 radical (unpaired) electrons. The first kappa shape index (κ1) is 13.3. The van der Waals surface area contributed by atoms with Crippen LogP contribution in [0.15, 0.2) is 0 Å². The van der Waals surface area contributed by atoms with E-state index < -0.39 is 64.3 Å². The van der Waals surface area contributed by atoms with Gasteiger partial charge in [-0.15, -0.1) is 0 Å². The largest absolute Gasteiger partial charge is 0.458 e. The molecule has 22 heavy (non-hydrogen) atoms. The lowest BCUT2D eigenvalue weighted by molar-refractivity contribution is -0.223. The van der Waals surface area contributed by atoms with Crippen LogP contribution in [0.25, 0.3) is 0 Å². The summed E-state index contributed by atoms with van der Waals surface area (Å²) in [7, 11) is 0. The molecule has 7 nitrogen and oxygen atoms in total. The molecule has 5 aliphatic rings. The molecular weight excluding hydrogens is 292 g/mol. The zero-order valence-electron chi connectivity index (χ0n) is 12.5. The van der Waals surface area contributed by atoms with Crippen LogP contribution >= 0.6 is 0 Å². The third-order valence-corrected chi connectivity index (χ3v) is 6.85. The number of hydrogen-bond acceptors (Lipinski definition) is 7. The summed E-state index contributed by atoms with van der Waals surface area (Å²) in [5.41, 5.74) is -4.89. The molecule has 0 aromatic rings. The molecule has 2 aliphatic carbocycles. The number of aliphatic hydroxyl groups is 2. The Balaban J connectivity index is 1.76. The highest BCUT2D eigenvalue weighted by atomic mass is 16.7. The molecule has 2 bridgehead atoms. The van der Waals surface area contributed by atoms with E-state index in [0.717, 1.165) is 0 Å². The Kier molecular flexibility index (Phi) is 1.85. The number of hydrogen-bond donors (Lipinski definition) is 2. The van der Waals surface area contributed by atoms with Crippen molar-refractivity contribution in [1.82, 2.24) is 0 Å². The van der Waals surface area contributed by atoms with Crippen molar-refractivity contribution >= 4 is 11.9 Å². The van der Waals surface area contributed by atoms with Gasteiger partial charge in [0.2, 0.25) is 5.60 Å². The predicted octanol–water partition coefficient (Wildman–Crippen LogP) is -0.867. The molecule has 2 saturated carbocycles. The Morgan fingerprint density at radius 1 is 1.27 bits per heavy atom. The number of epoxide rings is 1. The van der Waals surface area contributed by atoms with E-state index in [1.165, 1.54) is 0 Å². The van der Waals surface area contributed by atoms with Crippen LogP contribution in [-0.2, 0) is 23.8 Å². The molecule has 0 aromatic carbocycles. The molecular formula is C15H18O7. The highest BCUT2D eigenvalue weighted by molar-refractivity contribution is 5.91. The summed E-state index contributed by atoms with van der Waals surface area (Å²) < 4.78 is 16.5. The van der Waals surface area contributed by atoms with E-state index in [1.807, 2.05) is 0 Å². The molecule has 3 aliphatic heterocycles. The first-order chi connectivity index (χ1) is 10.1. The maximum absolute atomic E-state index is 12.4. The Bertz CT molecular complexity index is 638. The average Bonchev–Trinajstić information content (AvgIpc) is 2.85. The number of fused-ring (bicyclic) bond motifs is 4. The van der Waals surface area contributed by atoms with Gasteiger partial charge in [-0.2, -0.15) is 0 Å². The van der Waals surface area contributed by atoms with E-state index in [-0.39, 0.29) is 6.42 Å². The molecule has 3 heterocycles. The van der Waals surface area contributed by atoms with Gasteiger partial charge in [0.25, 0.3) is 0 Å². The summed E-state index contributed by atoms with van der Waals surface area (Å²) >= 11 is 0. The lowest BCUT2D eigenvalue weighted by Crippen LogP contribution is -2.68. The van der Waals surface area contributed by atoms with Crippen molar-refractivity contribution in [3.63, 3.8) is 0 Å². The zero-order chi connectivity index (χ0) is 15.9. The molecule has 3 saturated heterocycles. The van der Waals surface area contributed by atoms with Gasteiger partial charge in [-0.05, 0) is 20.8 Å². The van der Waals surface area contributed by atoms with Crippen LogP contribution in [-0.4, -0.2) is 57.3 Å². The van der Waals surface area contributed by atoms with Crippen LogP contribution < -0.4 is 0 Å². The topological polar surface area (TPSA) is 106 Å². The SMILES string of the molecule is CC(C)(O)[C@H]1[C@H]2OC(=O)[C@@H]1[C@]1(O)C[C@H]3O[C@@]34C(=O)O[C@H]2[C@]14C. The van der Waals surface area contributed by atoms with Crippen molar-refractivity contribution in [1.29, 1.82) is 0 Å². The summed E-state index contributed by atoms with van der Waals surface area (Å²) in [6.07, 6.45) is -1.78. The quantitative estimate of drug-likeness (QED) is 0.479. The lowest BCUT2D eigenvalue weighted by Gasteiger charge is -2.53. The highest BCUT2D eigenvalue weighted by Gasteiger charge is 2.95. The Morgan fingerprint density at radius 2 is 1.95 bits per heavy atom. The number of carbonyl (C=O) groups excluding carboxylic acids is 2. The molecule has 8 atom stereocenters. The second kappa shape index (κ2) is 3.07. The van der Waals surface area contributed by atoms with Gasteiger partial charge in [0, 0.05) is 12.3 Å². The van der Waals surface area contributed by atoms with E-state index in [4.69, 9.17) is 14.2 Å². The normalized spacial score (nSPS) is 60.7. The van der Waals surface area contributed by atoms with Crippen LogP contribution in [0.1, 0.15) is 27.2 Å². The van der Waals surface area contributed by atoms with Gasteiger partial charge in [-0.25, -0.2) is 4.79 Å². The molecule has 1 spiro atoms. The van der Waals surface area contributed by atoms with Gasteiger partial charge in [-0.1, -0.05) is 0 Å².